The van der Waals surface area contributed by atoms with E-state index in [1.54, 1.807) is 6.92 Å². The Morgan fingerprint density at radius 1 is 1.03 bits per heavy atom. The Kier molecular flexibility index (Phi) is 8.55. The second-order valence-corrected chi connectivity index (χ2v) is 7.32. The van der Waals surface area contributed by atoms with Crippen molar-refractivity contribution >= 4 is 11.5 Å². The van der Waals surface area contributed by atoms with E-state index in [0.717, 1.165) is 59.4 Å². The lowest BCUT2D eigenvalue weighted by atomic mass is 9.95. The van der Waals surface area contributed by atoms with Gasteiger partial charge < -0.3 is 0 Å². The van der Waals surface area contributed by atoms with Crippen LogP contribution in [0, 0.1) is 11.3 Å². The zero-order chi connectivity index (χ0) is 21.2. The van der Waals surface area contributed by atoms with Crippen molar-refractivity contribution < 1.29 is 4.79 Å². The molecule has 0 aliphatic heterocycles. The lowest BCUT2D eigenvalue weighted by molar-refractivity contribution is -0.113. The molecule has 3 heteroatoms. The maximum atomic E-state index is 12.4. The van der Waals surface area contributed by atoms with Crippen molar-refractivity contribution in [2.24, 2.45) is 4.99 Å². The number of unbranched alkanes of at least 4 members (excludes halogenated alkanes) is 1. The Balaban J connectivity index is 2.37. The Labute approximate surface area is 174 Å². The first-order chi connectivity index (χ1) is 14.0. The summed E-state index contributed by atoms with van der Waals surface area (Å²) in [4.78, 5) is 17.2. The van der Waals surface area contributed by atoms with Crippen LogP contribution in [0.4, 0.5) is 0 Å². The molecule has 2 rings (SSSR count). The predicted octanol–water partition coefficient (Wildman–Crippen LogP) is 6.67. The monoisotopic (exact) mass is 386 g/mol. The molecule has 0 N–H and O–H groups in total. The average Bonchev–Trinajstić information content (AvgIpc) is 2.75. The lowest BCUT2D eigenvalue weighted by Crippen LogP contribution is -2.06. The fourth-order valence-electron chi connectivity index (χ4n) is 3.20. The number of ketones is 1. The fraction of sp³-hybridized carbons (Fsp3) is 0.346. The second-order valence-electron chi connectivity index (χ2n) is 7.32. The molecule has 0 aromatic heterocycles. The number of hydrogen-bond acceptors (Lipinski definition) is 3. The third-order valence-electron chi connectivity index (χ3n) is 5.07. The molecular weight excluding hydrogens is 356 g/mol. The van der Waals surface area contributed by atoms with E-state index in [1.165, 1.54) is 0 Å². The normalized spacial score (nSPS) is 12.3. The first kappa shape index (κ1) is 22.3. The van der Waals surface area contributed by atoms with Crippen molar-refractivity contribution in [1.29, 1.82) is 5.26 Å². The largest absolute Gasteiger partial charge is 0.295 e. The summed E-state index contributed by atoms with van der Waals surface area (Å²) >= 11 is 0. The number of nitriles is 1. The van der Waals surface area contributed by atoms with Crippen molar-refractivity contribution in [3.63, 3.8) is 0 Å². The average molecular weight is 387 g/mol. The summed E-state index contributed by atoms with van der Waals surface area (Å²) in [6, 6.07) is 18.0. The zero-order valence-corrected chi connectivity index (χ0v) is 18.0. The van der Waals surface area contributed by atoms with Crippen LogP contribution < -0.4 is 0 Å². The maximum absolute atomic E-state index is 12.4. The van der Waals surface area contributed by atoms with Gasteiger partial charge in [0, 0.05) is 23.4 Å². The van der Waals surface area contributed by atoms with Gasteiger partial charge in [-0.2, -0.15) is 5.26 Å². The topological polar surface area (TPSA) is 53.2 Å². The van der Waals surface area contributed by atoms with Crippen LogP contribution in [0.15, 0.2) is 64.8 Å². The number of rotatable bonds is 9. The summed E-state index contributed by atoms with van der Waals surface area (Å²) in [6.45, 7) is 7.89. The van der Waals surface area contributed by atoms with E-state index in [1.807, 2.05) is 55.5 Å². The van der Waals surface area contributed by atoms with E-state index in [2.05, 4.69) is 19.9 Å². The smallest absolute Gasteiger partial charge is 0.157 e. The molecule has 0 fully saturated rings. The van der Waals surface area contributed by atoms with Crippen LogP contribution in [-0.2, 0) is 11.2 Å². The van der Waals surface area contributed by atoms with Crippen LogP contribution >= 0.6 is 0 Å². The SMILES string of the molecule is CCCC/C(N=C(C)CC)=C(\Cc1ccc(-c2ccccc2C#N)cc1)C(C)=O. The molecule has 0 aliphatic rings. The zero-order valence-electron chi connectivity index (χ0n) is 18.0. The molecule has 0 spiro atoms. The molecule has 0 radical (unpaired) electrons. The summed E-state index contributed by atoms with van der Waals surface area (Å²) in [5, 5.41) is 9.33. The standard InChI is InChI=1S/C26H30N2O/c1-5-7-12-26(28-19(3)6-2)25(20(4)29)17-21-13-15-22(16-14-21)24-11-9-8-10-23(24)18-27/h8-11,13-16H,5-7,12,17H2,1-4H3/b26-25-,28-19?. The van der Waals surface area contributed by atoms with Gasteiger partial charge in [0.15, 0.2) is 5.78 Å². The number of Topliss-reactive ketones (excluding diaryl/α,β-unsaturated/α-hetero) is 1. The van der Waals surface area contributed by atoms with Gasteiger partial charge in [-0.15, -0.1) is 0 Å². The number of hydrogen-bond donors (Lipinski definition) is 0. The Morgan fingerprint density at radius 3 is 2.31 bits per heavy atom. The number of allylic oxidation sites excluding steroid dienone is 2. The van der Waals surface area contributed by atoms with Crippen molar-refractivity contribution in [3.05, 3.63) is 70.9 Å². The van der Waals surface area contributed by atoms with Crippen LogP contribution in [0.2, 0.25) is 0 Å². The molecule has 2 aromatic carbocycles. The first-order valence-electron chi connectivity index (χ1n) is 10.4. The van der Waals surface area contributed by atoms with Gasteiger partial charge in [-0.05, 0) is 55.9 Å². The molecule has 2 aromatic rings. The molecule has 0 saturated heterocycles. The maximum Gasteiger partial charge on any atom is 0.157 e. The van der Waals surface area contributed by atoms with Crippen LogP contribution in [0.1, 0.15) is 64.5 Å². The van der Waals surface area contributed by atoms with E-state index in [9.17, 15) is 10.1 Å². The number of carbonyl (C=O) groups excluding carboxylic acids is 1. The van der Waals surface area contributed by atoms with E-state index in [4.69, 9.17) is 4.99 Å². The minimum absolute atomic E-state index is 0.0858. The minimum atomic E-state index is 0.0858. The molecule has 29 heavy (non-hydrogen) atoms. The summed E-state index contributed by atoms with van der Waals surface area (Å²) < 4.78 is 0. The molecule has 0 amide bonds. The van der Waals surface area contributed by atoms with E-state index >= 15 is 0 Å². The number of nitrogens with zero attached hydrogens (tertiary/aromatic N) is 2. The van der Waals surface area contributed by atoms with E-state index in [0.29, 0.717) is 12.0 Å². The van der Waals surface area contributed by atoms with Gasteiger partial charge >= 0.3 is 0 Å². The predicted molar refractivity (Wildman–Crippen MR) is 121 cm³/mol. The summed E-state index contributed by atoms with van der Waals surface area (Å²) in [5.41, 5.74) is 6.45. The van der Waals surface area contributed by atoms with Crippen LogP contribution in [0.5, 0.6) is 0 Å². The number of carbonyl (C=O) groups is 1. The lowest BCUT2D eigenvalue weighted by Gasteiger charge is -2.12. The second kappa shape index (κ2) is 11.1. The van der Waals surface area contributed by atoms with Crippen molar-refractivity contribution in [1.82, 2.24) is 0 Å². The minimum Gasteiger partial charge on any atom is -0.295 e. The van der Waals surface area contributed by atoms with Gasteiger partial charge in [0.1, 0.15) is 0 Å². The molecule has 0 heterocycles. The third-order valence-corrected chi connectivity index (χ3v) is 5.07. The fourth-order valence-corrected chi connectivity index (χ4v) is 3.20. The van der Waals surface area contributed by atoms with Gasteiger partial charge in [-0.1, -0.05) is 62.7 Å². The highest BCUT2D eigenvalue weighted by Crippen LogP contribution is 2.25. The highest BCUT2D eigenvalue weighted by molar-refractivity contribution is 5.95. The Hall–Kier alpha value is -2.99. The summed E-state index contributed by atoms with van der Waals surface area (Å²) in [7, 11) is 0. The number of benzene rings is 2. The van der Waals surface area contributed by atoms with E-state index < -0.39 is 0 Å². The quantitative estimate of drug-likeness (QED) is 0.357. The van der Waals surface area contributed by atoms with Gasteiger partial charge in [-0.25, -0.2) is 0 Å². The van der Waals surface area contributed by atoms with Gasteiger partial charge in [0.05, 0.1) is 11.6 Å². The highest BCUT2D eigenvalue weighted by atomic mass is 16.1. The van der Waals surface area contributed by atoms with Crippen LogP contribution in [0.3, 0.4) is 0 Å². The third kappa shape index (κ3) is 6.26. The molecule has 150 valence electrons. The highest BCUT2D eigenvalue weighted by Gasteiger charge is 2.13. The molecule has 0 aliphatic carbocycles. The Morgan fingerprint density at radius 2 is 1.72 bits per heavy atom. The van der Waals surface area contributed by atoms with Crippen molar-refractivity contribution in [2.45, 2.75) is 59.8 Å². The summed E-state index contributed by atoms with van der Waals surface area (Å²) in [6.07, 6.45) is 4.39. The molecule has 0 atom stereocenters. The summed E-state index contributed by atoms with van der Waals surface area (Å²) in [5.74, 6) is 0.0858. The Bertz CT molecular complexity index is 943. The van der Waals surface area contributed by atoms with Gasteiger partial charge in [-0.3, -0.25) is 9.79 Å². The molecule has 0 bridgehead atoms. The molecular formula is C26H30N2O. The first-order valence-corrected chi connectivity index (χ1v) is 10.4. The van der Waals surface area contributed by atoms with Crippen LogP contribution in [0.25, 0.3) is 11.1 Å². The van der Waals surface area contributed by atoms with Gasteiger partial charge in [0.2, 0.25) is 0 Å². The van der Waals surface area contributed by atoms with Gasteiger partial charge in [0.25, 0.3) is 0 Å². The number of aliphatic imine (C=N–C) groups is 1. The molecule has 3 nitrogen and oxygen atoms in total. The van der Waals surface area contributed by atoms with E-state index in [-0.39, 0.29) is 5.78 Å². The molecule has 0 saturated carbocycles. The molecule has 0 unspecified atom stereocenters. The van der Waals surface area contributed by atoms with Crippen molar-refractivity contribution in [2.75, 3.05) is 0 Å². The van der Waals surface area contributed by atoms with Crippen LogP contribution in [-0.4, -0.2) is 11.5 Å². The van der Waals surface area contributed by atoms with Crippen molar-refractivity contribution in [3.8, 4) is 17.2 Å².